The van der Waals surface area contributed by atoms with Gasteiger partial charge in [-0.05, 0) is 66.6 Å². The van der Waals surface area contributed by atoms with Crippen LogP contribution in [0, 0.1) is 6.92 Å². The molecule has 1 heterocycles. The van der Waals surface area contributed by atoms with Gasteiger partial charge in [0.2, 0.25) is 0 Å². The number of nitrogens with one attached hydrogen (secondary N) is 1. The number of aryl methyl sites for hydroxylation is 1. The molecule has 36 heavy (non-hydrogen) atoms. The molecule has 1 saturated heterocycles. The first-order valence-electron chi connectivity index (χ1n) is 10.6. The van der Waals surface area contributed by atoms with Crippen LogP contribution in [-0.4, -0.2) is 28.9 Å². The van der Waals surface area contributed by atoms with Crippen LogP contribution in [0.5, 0.6) is 5.75 Å². The molecule has 4 amide bonds. The Morgan fingerprint density at radius 1 is 1.00 bits per heavy atom. The lowest BCUT2D eigenvalue weighted by atomic mass is 10.0. The molecule has 4 rings (SSSR count). The van der Waals surface area contributed by atoms with Gasteiger partial charge < -0.3 is 9.84 Å². The zero-order valence-electron chi connectivity index (χ0n) is 18.7. The number of carboxylic acids is 1. The van der Waals surface area contributed by atoms with Gasteiger partial charge in [-0.3, -0.25) is 14.9 Å². The summed E-state index contributed by atoms with van der Waals surface area (Å²) < 4.78 is 5.87. The Labute approximate surface area is 215 Å². The zero-order chi connectivity index (χ0) is 26.0. The Balaban J connectivity index is 1.66. The van der Waals surface area contributed by atoms with Gasteiger partial charge in [0.1, 0.15) is 17.9 Å². The summed E-state index contributed by atoms with van der Waals surface area (Å²) in [5.41, 5.74) is 1.74. The van der Waals surface area contributed by atoms with Crippen LogP contribution in [0.4, 0.5) is 10.5 Å². The molecular formula is C26H18Cl2N2O6. The lowest BCUT2D eigenvalue weighted by Crippen LogP contribution is -2.54. The molecule has 0 spiro atoms. The summed E-state index contributed by atoms with van der Waals surface area (Å²) in [5, 5.41) is 11.9. The summed E-state index contributed by atoms with van der Waals surface area (Å²) in [5.74, 6) is -2.41. The molecule has 182 valence electrons. The molecule has 10 heteroatoms. The van der Waals surface area contributed by atoms with E-state index in [4.69, 9.17) is 33.0 Å². The van der Waals surface area contributed by atoms with Crippen LogP contribution in [0.15, 0.2) is 66.2 Å². The molecule has 0 saturated carbocycles. The fourth-order valence-corrected chi connectivity index (χ4v) is 3.87. The van der Waals surface area contributed by atoms with E-state index in [1.807, 2.05) is 0 Å². The predicted molar refractivity (Wildman–Crippen MR) is 134 cm³/mol. The normalized spacial score (nSPS) is 14.7. The number of carboxylic acid groups (broad SMARTS) is 1. The summed E-state index contributed by atoms with van der Waals surface area (Å²) in [6.07, 6.45) is 1.30. The monoisotopic (exact) mass is 524 g/mol. The number of nitrogens with zero attached hydrogens (tertiary/aromatic N) is 1. The van der Waals surface area contributed by atoms with E-state index in [0.717, 1.165) is 4.90 Å². The van der Waals surface area contributed by atoms with E-state index in [1.54, 1.807) is 43.3 Å². The molecular weight excluding hydrogens is 507 g/mol. The summed E-state index contributed by atoms with van der Waals surface area (Å²) >= 11 is 12.2. The quantitative estimate of drug-likeness (QED) is 0.336. The third-order valence-corrected chi connectivity index (χ3v) is 5.85. The second-order valence-electron chi connectivity index (χ2n) is 7.86. The van der Waals surface area contributed by atoms with Crippen molar-refractivity contribution in [3.63, 3.8) is 0 Å². The average Bonchev–Trinajstić information content (AvgIpc) is 2.83. The van der Waals surface area contributed by atoms with E-state index in [-0.39, 0.29) is 23.4 Å². The predicted octanol–water partition coefficient (Wildman–Crippen LogP) is 5.25. The van der Waals surface area contributed by atoms with Crippen molar-refractivity contribution in [2.45, 2.75) is 13.5 Å². The number of barbiturate groups is 1. The number of anilines is 1. The maximum Gasteiger partial charge on any atom is 0.335 e. The first-order chi connectivity index (χ1) is 17.1. The Morgan fingerprint density at radius 3 is 2.36 bits per heavy atom. The third kappa shape index (κ3) is 5.25. The van der Waals surface area contributed by atoms with E-state index in [9.17, 15) is 19.2 Å². The smallest absolute Gasteiger partial charge is 0.335 e. The number of carbonyl (C=O) groups is 4. The minimum Gasteiger partial charge on any atom is -0.488 e. The maximum absolute atomic E-state index is 13.3. The molecule has 8 nitrogen and oxygen atoms in total. The Kier molecular flexibility index (Phi) is 7.10. The van der Waals surface area contributed by atoms with Crippen LogP contribution in [-0.2, 0) is 16.2 Å². The van der Waals surface area contributed by atoms with Gasteiger partial charge in [-0.25, -0.2) is 14.5 Å². The molecule has 1 aliphatic heterocycles. The lowest BCUT2D eigenvalue weighted by molar-refractivity contribution is -0.122. The van der Waals surface area contributed by atoms with E-state index in [1.165, 1.54) is 30.3 Å². The summed E-state index contributed by atoms with van der Waals surface area (Å²) in [6.45, 7) is 1.79. The number of hydrogen-bond acceptors (Lipinski definition) is 5. The van der Waals surface area contributed by atoms with Crippen LogP contribution in [0.2, 0.25) is 10.0 Å². The number of amides is 4. The molecule has 0 aromatic heterocycles. The van der Waals surface area contributed by atoms with Gasteiger partial charge in [-0.2, -0.15) is 0 Å². The van der Waals surface area contributed by atoms with Crippen LogP contribution in [0.3, 0.4) is 0 Å². The fraction of sp³-hybridized carbons (Fsp3) is 0.0769. The molecule has 1 aliphatic rings. The van der Waals surface area contributed by atoms with Gasteiger partial charge in [0.05, 0.1) is 11.3 Å². The van der Waals surface area contributed by atoms with Crippen molar-refractivity contribution in [3.05, 3.63) is 98.5 Å². The first-order valence-corrected chi connectivity index (χ1v) is 11.3. The molecule has 1 fully saturated rings. The van der Waals surface area contributed by atoms with Gasteiger partial charge in [0.15, 0.2) is 0 Å². The second-order valence-corrected chi connectivity index (χ2v) is 8.73. The molecule has 3 aromatic carbocycles. The SMILES string of the molecule is Cc1ccc(Cl)cc1N1C(=O)NC(=O)/C(=C\c2cc(Cl)ccc2OCc2ccc(C(=O)O)cc2)C1=O. The highest BCUT2D eigenvalue weighted by atomic mass is 35.5. The van der Waals surface area contributed by atoms with Gasteiger partial charge in [0.25, 0.3) is 11.8 Å². The van der Waals surface area contributed by atoms with Gasteiger partial charge in [-0.1, -0.05) is 41.4 Å². The van der Waals surface area contributed by atoms with E-state index >= 15 is 0 Å². The standard InChI is InChI=1S/C26H18Cl2N2O6/c1-14-2-7-19(28)12-21(14)30-24(32)20(23(31)29-26(30)35)11-17-10-18(27)8-9-22(17)36-13-15-3-5-16(6-4-15)25(33)34/h2-12H,13H2,1H3,(H,33,34)(H,29,31,35)/b20-11+. The topological polar surface area (TPSA) is 113 Å². The number of carbonyl (C=O) groups excluding carboxylic acids is 3. The number of imide groups is 2. The van der Waals surface area contributed by atoms with Crippen LogP contribution in [0.1, 0.15) is 27.0 Å². The molecule has 0 aliphatic carbocycles. The Hall–Kier alpha value is -4.14. The Bertz CT molecular complexity index is 1430. The molecule has 0 bridgehead atoms. The summed E-state index contributed by atoms with van der Waals surface area (Å²) in [6, 6.07) is 14.7. The van der Waals surface area contributed by atoms with Crippen molar-refractivity contribution in [2.75, 3.05) is 4.90 Å². The van der Waals surface area contributed by atoms with Crippen molar-refractivity contribution < 1.29 is 29.0 Å². The maximum atomic E-state index is 13.3. The molecule has 3 aromatic rings. The lowest BCUT2D eigenvalue weighted by Gasteiger charge is -2.27. The number of benzene rings is 3. The van der Waals surface area contributed by atoms with Gasteiger partial charge in [-0.15, -0.1) is 0 Å². The van der Waals surface area contributed by atoms with Crippen molar-refractivity contribution in [1.29, 1.82) is 0 Å². The highest BCUT2D eigenvalue weighted by Gasteiger charge is 2.37. The average molecular weight is 525 g/mol. The largest absolute Gasteiger partial charge is 0.488 e. The number of aromatic carboxylic acids is 1. The highest BCUT2D eigenvalue weighted by molar-refractivity contribution is 6.40. The van der Waals surface area contributed by atoms with Crippen molar-refractivity contribution in [2.24, 2.45) is 0 Å². The third-order valence-electron chi connectivity index (χ3n) is 5.38. The Morgan fingerprint density at radius 2 is 1.67 bits per heavy atom. The summed E-state index contributed by atoms with van der Waals surface area (Å²) in [7, 11) is 0. The van der Waals surface area contributed by atoms with Crippen molar-refractivity contribution >= 4 is 58.8 Å². The highest BCUT2D eigenvalue weighted by Crippen LogP contribution is 2.30. The van der Waals surface area contributed by atoms with Crippen LogP contribution < -0.4 is 15.0 Å². The first kappa shape index (κ1) is 25.0. The summed E-state index contributed by atoms with van der Waals surface area (Å²) in [4.78, 5) is 50.3. The number of urea groups is 1. The molecule has 0 radical (unpaired) electrons. The number of ether oxygens (including phenoxy) is 1. The van der Waals surface area contributed by atoms with Crippen molar-refractivity contribution in [1.82, 2.24) is 5.32 Å². The zero-order valence-corrected chi connectivity index (χ0v) is 20.3. The molecule has 0 unspecified atom stereocenters. The fourth-order valence-electron chi connectivity index (χ4n) is 3.52. The van der Waals surface area contributed by atoms with E-state index < -0.39 is 23.8 Å². The minimum atomic E-state index is -1.04. The van der Waals surface area contributed by atoms with Gasteiger partial charge >= 0.3 is 12.0 Å². The van der Waals surface area contributed by atoms with E-state index in [0.29, 0.717) is 32.5 Å². The number of halogens is 2. The van der Waals surface area contributed by atoms with Crippen LogP contribution in [0.25, 0.3) is 6.08 Å². The minimum absolute atomic E-state index is 0.0875. The van der Waals surface area contributed by atoms with Crippen molar-refractivity contribution in [3.8, 4) is 5.75 Å². The number of hydrogen-bond donors (Lipinski definition) is 2. The van der Waals surface area contributed by atoms with Gasteiger partial charge in [0, 0.05) is 15.6 Å². The van der Waals surface area contributed by atoms with Crippen LogP contribution >= 0.6 is 23.2 Å². The van der Waals surface area contributed by atoms with E-state index in [2.05, 4.69) is 5.32 Å². The molecule has 0 atom stereocenters. The second kappa shape index (κ2) is 10.2. The number of rotatable bonds is 6. The molecule has 2 N–H and O–H groups in total.